The van der Waals surface area contributed by atoms with Crippen LogP contribution < -0.4 is 5.32 Å². The third-order valence-corrected chi connectivity index (χ3v) is 3.22. The molecule has 1 unspecified atom stereocenters. The SMILES string of the molecule is C[C@@H]1CCCN(C2NC=CC=C2C(=O)O)C1. The number of likely N-dealkylation sites (tertiary alicyclic amines) is 1. The molecule has 0 amide bonds. The van der Waals surface area contributed by atoms with E-state index in [4.69, 9.17) is 5.11 Å². The fourth-order valence-corrected chi connectivity index (χ4v) is 2.43. The maximum absolute atomic E-state index is 11.1. The summed E-state index contributed by atoms with van der Waals surface area (Å²) < 4.78 is 0. The highest BCUT2D eigenvalue weighted by molar-refractivity contribution is 5.88. The molecule has 16 heavy (non-hydrogen) atoms. The van der Waals surface area contributed by atoms with Gasteiger partial charge in [0.1, 0.15) is 6.17 Å². The summed E-state index contributed by atoms with van der Waals surface area (Å²) in [5.74, 6) is -0.184. The van der Waals surface area contributed by atoms with Crippen LogP contribution in [0.1, 0.15) is 19.8 Å². The Labute approximate surface area is 95.6 Å². The molecule has 88 valence electrons. The predicted molar refractivity (Wildman–Crippen MR) is 61.8 cm³/mol. The second kappa shape index (κ2) is 4.70. The monoisotopic (exact) mass is 222 g/mol. The van der Waals surface area contributed by atoms with Gasteiger partial charge < -0.3 is 10.4 Å². The predicted octanol–water partition coefficient (Wildman–Crippen LogP) is 1.17. The summed E-state index contributed by atoms with van der Waals surface area (Å²) in [5.41, 5.74) is 0.441. The third kappa shape index (κ3) is 2.27. The lowest BCUT2D eigenvalue weighted by Crippen LogP contribution is -2.51. The van der Waals surface area contributed by atoms with E-state index in [2.05, 4.69) is 17.1 Å². The van der Waals surface area contributed by atoms with Gasteiger partial charge in [0.25, 0.3) is 0 Å². The average Bonchev–Trinajstić information content (AvgIpc) is 2.29. The number of carbonyl (C=O) groups is 1. The molecule has 0 radical (unpaired) electrons. The van der Waals surface area contributed by atoms with Gasteiger partial charge >= 0.3 is 5.97 Å². The van der Waals surface area contributed by atoms with E-state index in [-0.39, 0.29) is 6.17 Å². The molecule has 0 aromatic carbocycles. The number of hydrogen-bond donors (Lipinski definition) is 2. The summed E-state index contributed by atoms with van der Waals surface area (Å²) in [6, 6.07) is 0. The highest BCUT2D eigenvalue weighted by Crippen LogP contribution is 2.21. The summed E-state index contributed by atoms with van der Waals surface area (Å²) in [6.07, 6.45) is 7.47. The van der Waals surface area contributed by atoms with Crippen LogP contribution in [0.2, 0.25) is 0 Å². The summed E-state index contributed by atoms with van der Waals surface area (Å²) in [6.45, 7) is 4.16. The van der Waals surface area contributed by atoms with Crippen LogP contribution in [0.4, 0.5) is 0 Å². The standard InChI is InChI=1S/C12H18N2O2/c1-9-4-3-7-14(8-9)11-10(12(15)16)5-2-6-13-11/h2,5-6,9,11,13H,3-4,7-8H2,1H3,(H,15,16)/t9-,11?/m1/s1. The van der Waals surface area contributed by atoms with Crippen LogP contribution in [-0.2, 0) is 4.79 Å². The Morgan fingerprint density at radius 2 is 2.44 bits per heavy atom. The van der Waals surface area contributed by atoms with Gasteiger partial charge in [-0.15, -0.1) is 0 Å². The number of nitrogens with one attached hydrogen (secondary N) is 1. The minimum Gasteiger partial charge on any atom is -0.478 e. The van der Waals surface area contributed by atoms with E-state index < -0.39 is 5.97 Å². The minimum absolute atomic E-state index is 0.162. The maximum Gasteiger partial charge on any atom is 0.335 e. The fraction of sp³-hybridized carbons (Fsp3) is 0.583. The van der Waals surface area contributed by atoms with Crippen LogP contribution in [-0.4, -0.2) is 35.2 Å². The van der Waals surface area contributed by atoms with Crippen LogP contribution in [0.3, 0.4) is 0 Å². The van der Waals surface area contributed by atoms with Crippen molar-refractivity contribution in [2.75, 3.05) is 13.1 Å². The number of carboxylic acid groups (broad SMARTS) is 1. The van der Waals surface area contributed by atoms with E-state index in [1.54, 1.807) is 12.2 Å². The van der Waals surface area contributed by atoms with Gasteiger partial charge in [-0.1, -0.05) is 6.92 Å². The molecule has 0 aromatic rings. The highest BCUT2D eigenvalue weighted by Gasteiger charge is 2.29. The summed E-state index contributed by atoms with van der Waals surface area (Å²) in [4.78, 5) is 13.3. The van der Waals surface area contributed by atoms with Crippen LogP contribution in [0.25, 0.3) is 0 Å². The third-order valence-electron chi connectivity index (χ3n) is 3.22. The van der Waals surface area contributed by atoms with Crippen molar-refractivity contribution < 1.29 is 9.90 Å². The van der Waals surface area contributed by atoms with Gasteiger partial charge in [0.2, 0.25) is 0 Å². The zero-order valence-corrected chi connectivity index (χ0v) is 9.52. The number of aliphatic carboxylic acids is 1. The second-order valence-electron chi connectivity index (χ2n) is 4.60. The molecular weight excluding hydrogens is 204 g/mol. The molecule has 2 atom stereocenters. The Morgan fingerprint density at radius 1 is 1.62 bits per heavy atom. The molecule has 2 aliphatic rings. The van der Waals surface area contributed by atoms with E-state index >= 15 is 0 Å². The normalized spacial score (nSPS) is 30.7. The zero-order chi connectivity index (χ0) is 11.5. The van der Waals surface area contributed by atoms with Crippen molar-refractivity contribution in [3.05, 3.63) is 23.9 Å². The molecule has 0 aromatic heterocycles. The van der Waals surface area contributed by atoms with Crippen molar-refractivity contribution in [2.45, 2.75) is 25.9 Å². The Morgan fingerprint density at radius 3 is 3.12 bits per heavy atom. The lowest BCUT2D eigenvalue weighted by molar-refractivity contribution is -0.133. The molecule has 0 spiro atoms. The fourth-order valence-electron chi connectivity index (χ4n) is 2.43. The molecule has 2 N–H and O–H groups in total. The van der Waals surface area contributed by atoms with Crippen LogP contribution >= 0.6 is 0 Å². The number of rotatable bonds is 2. The Kier molecular flexibility index (Phi) is 3.29. The first-order chi connectivity index (χ1) is 7.68. The number of dihydropyridines is 1. The van der Waals surface area contributed by atoms with Gasteiger partial charge in [0.15, 0.2) is 0 Å². The van der Waals surface area contributed by atoms with E-state index in [1.807, 2.05) is 6.20 Å². The quantitative estimate of drug-likeness (QED) is 0.736. The molecule has 0 aliphatic carbocycles. The maximum atomic E-state index is 11.1. The number of piperidine rings is 1. The molecule has 4 nitrogen and oxygen atoms in total. The van der Waals surface area contributed by atoms with Crippen molar-refractivity contribution >= 4 is 5.97 Å². The molecular formula is C12H18N2O2. The minimum atomic E-state index is -0.833. The van der Waals surface area contributed by atoms with Crippen molar-refractivity contribution in [3.63, 3.8) is 0 Å². The van der Waals surface area contributed by atoms with Crippen LogP contribution in [0, 0.1) is 5.92 Å². The molecule has 1 saturated heterocycles. The van der Waals surface area contributed by atoms with Crippen molar-refractivity contribution in [1.82, 2.24) is 10.2 Å². The topological polar surface area (TPSA) is 52.6 Å². The van der Waals surface area contributed by atoms with Gasteiger partial charge in [-0.2, -0.15) is 0 Å². The first-order valence-electron chi connectivity index (χ1n) is 5.78. The highest BCUT2D eigenvalue weighted by atomic mass is 16.4. The summed E-state index contributed by atoms with van der Waals surface area (Å²) >= 11 is 0. The Balaban J connectivity index is 2.10. The Hall–Kier alpha value is -1.29. The first-order valence-corrected chi connectivity index (χ1v) is 5.78. The smallest absolute Gasteiger partial charge is 0.335 e. The Bertz CT molecular complexity index is 336. The van der Waals surface area contributed by atoms with Gasteiger partial charge in [-0.3, -0.25) is 4.90 Å². The van der Waals surface area contributed by atoms with E-state index in [0.717, 1.165) is 19.5 Å². The molecule has 1 fully saturated rings. The van der Waals surface area contributed by atoms with E-state index in [0.29, 0.717) is 11.5 Å². The molecule has 0 bridgehead atoms. The summed E-state index contributed by atoms with van der Waals surface area (Å²) in [5, 5.41) is 12.3. The number of hydrogen-bond acceptors (Lipinski definition) is 3. The lowest BCUT2D eigenvalue weighted by atomic mass is 9.98. The largest absolute Gasteiger partial charge is 0.478 e. The number of carboxylic acids is 1. The molecule has 2 heterocycles. The van der Waals surface area contributed by atoms with Crippen molar-refractivity contribution in [3.8, 4) is 0 Å². The van der Waals surface area contributed by atoms with Gasteiger partial charge in [-0.05, 0) is 37.1 Å². The van der Waals surface area contributed by atoms with Gasteiger partial charge in [0.05, 0.1) is 5.57 Å². The molecule has 0 saturated carbocycles. The second-order valence-corrected chi connectivity index (χ2v) is 4.60. The van der Waals surface area contributed by atoms with Crippen molar-refractivity contribution in [1.29, 1.82) is 0 Å². The van der Waals surface area contributed by atoms with Crippen LogP contribution in [0.5, 0.6) is 0 Å². The van der Waals surface area contributed by atoms with Gasteiger partial charge in [0, 0.05) is 13.1 Å². The number of allylic oxidation sites excluding steroid dienone is 2. The van der Waals surface area contributed by atoms with Crippen LogP contribution in [0.15, 0.2) is 23.9 Å². The zero-order valence-electron chi connectivity index (χ0n) is 9.52. The number of nitrogens with zero attached hydrogens (tertiary/aromatic N) is 1. The first kappa shape index (κ1) is 11.2. The van der Waals surface area contributed by atoms with Gasteiger partial charge in [-0.25, -0.2) is 4.79 Å². The average molecular weight is 222 g/mol. The summed E-state index contributed by atoms with van der Waals surface area (Å²) in [7, 11) is 0. The molecule has 4 heteroatoms. The molecule has 2 aliphatic heterocycles. The lowest BCUT2D eigenvalue weighted by Gasteiger charge is -2.38. The molecule has 2 rings (SSSR count). The van der Waals surface area contributed by atoms with Crippen molar-refractivity contribution in [2.24, 2.45) is 5.92 Å². The van der Waals surface area contributed by atoms with E-state index in [9.17, 15) is 4.79 Å². The van der Waals surface area contributed by atoms with E-state index in [1.165, 1.54) is 6.42 Å².